The number of nitrogens with one attached hydrogen (secondary N) is 2. The largest absolute Gasteiger partial charge is 0.508 e. The Balaban J connectivity index is 2.41. The first-order valence-electron chi connectivity index (χ1n) is 12.7. The average Bonchev–Trinajstić information content (AvgIpc) is 2.87. The number of carbonyl (C=O) groups excluding carboxylic acids is 3. The summed E-state index contributed by atoms with van der Waals surface area (Å²) in [6, 6.07) is 9.78. The fraction of sp³-hybridized carbons (Fsp3) is 0.464. The summed E-state index contributed by atoms with van der Waals surface area (Å²) < 4.78 is 67.0. The second kappa shape index (κ2) is 13.7. The summed E-state index contributed by atoms with van der Waals surface area (Å²) in [7, 11) is 0. The van der Waals surface area contributed by atoms with Gasteiger partial charge in [0.15, 0.2) is 6.10 Å². The maximum absolute atomic E-state index is 14.7. The van der Waals surface area contributed by atoms with Gasteiger partial charge in [-0.15, -0.1) is 0 Å². The predicted molar refractivity (Wildman–Crippen MR) is 140 cm³/mol. The minimum absolute atomic E-state index is 0.0370. The number of alkyl halides is 5. The number of benzene rings is 2. The van der Waals surface area contributed by atoms with Crippen LogP contribution < -0.4 is 10.6 Å². The van der Waals surface area contributed by atoms with Gasteiger partial charge in [-0.25, -0.2) is 8.78 Å². The first kappa shape index (κ1) is 33.5. The van der Waals surface area contributed by atoms with Crippen molar-refractivity contribution in [2.75, 3.05) is 19.6 Å². The highest BCUT2D eigenvalue weighted by Crippen LogP contribution is 2.26. The van der Waals surface area contributed by atoms with Crippen molar-refractivity contribution >= 4 is 17.7 Å². The Morgan fingerprint density at radius 3 is 2.17 bits per heavy atom. The fourth-order valence-electron chi connectivity index (χ4n) is 3.87. The van der Waals surface area contributed by atoms with Crippen molar-refractivity contribution in [3.8, 4) is 5.75 Å². The summed E-state index contributed by atoms with van der Waals surface area (Å²) in [5.74, 6) is -8.58. The molecule has 8 nitrogen and oxygen atoms in total. The number of hydrogen-bond acceptors (Lipinski definition) is 5. The van der Waals surface area contributed by atoms with Crippen molar-refractivity contribution in [1.29, 1.82) is 0 Å². The Bertz CT molecular complexity index is 1220. The molecular weight excluding hydrogens is 553 g/mol. The summed E-state index contributed by atoms with van der Waals surface area (Å²) in [4.78, 5) is 39.0. The number of aliphatic hydroxyl groups excluding tert-OH is 1. The predicted octanol–water partition coefficient (Wildman–Crippen LogP) is 3.51. The molecule has 0 aromatic heterocycles. The quantitative estimate of drug-likeness (QED) is 0.284. The third kappa shape index (κ3) is 9.99. The van der Waals surface area contributed by atoms with Crippen LogP contribution in [0.15, 0.2) is 42.5 Å². The molecule has 2 aromatic carbocycles. The minimum atomic E-state index is -4.78. The van der Waals surface area contributed by atoms with E-state index in [1.54, 1.807) is 37.3 Å². The van der Waals surface area contributed by atoms with Gasteiger partial charge in [0.2, 0.25) is 5.91 Å². The van der Waals surface area contributed by atoms with Crippen LogP contribution in [0.3, 0.4) is 0 Å². The number of phenolic OH excluding ortho intramolecular Hbond substituents is 1. The molecular formula is C28H34F5N3O5. The molecule has 0 bridgehead atoms. The molecule has 0 aliphatic rings. The number of hydrogen-bond donors (Lipinski definition) is 4. The van der Waals surface area contributed by atoms with Gasteiger partial charge in [0, 0.05) is 17.0 Å². The number of carbonyl (C=O) groups is 3. The van der Waals surface area contributed by atoms with E-state index in [9.17, 15) is 46.5 Å². The lowest BCUT2D eigenvalue weighted by Crippen LogP contribution is -2.56. The maximum atomic E-state index is 14.7. The van der Waals surface area contributed by atoms with E-state index in [4.69, 9.17) is 0 Å². The summed E-state index contributed by atoms with van der Waals surface area (Å²) >= 11 is 0. The van der Waals surface area contributed by atoms with Crippen LogP contribution in [0.1, 0.15) is 40.9 Å². The van der Waals surface area contributed by atoms with Crippen LogP contribution in [0, 0.1) is 19.8 Å². The standard InChI is InChI=1S/C28H34F5N3O5/c1-16(2)27(29,30)15-36(13-23(38)34-14-28(31,32)33)26(41)24(39)21(12-19-8-6-5-7-9-19)35-25(40)20-10-17(3)11-22(37)18(20)4/h5-11,16,21,24,37,39H,12-15H2,1-4H3,(H,34,38)(H,35,40). The second-order valence-corrected chi connectivity index (χ2v) is 10.2. The van der Waals surface area contributed by atoms with E-state index in [1.165, 1.54) is 24.4 Å². The van der Waals surface area contributed by atoms with Gasteiger partial charge < -0.3 is 25.7 Å². The average molecular weight is 588 g/mol. The van der Waals surface area contributed by atoms with E-state index >= 15 is 0 Å². The van der Waals surface area contributed by atoms with Crippen molar-refractivity contribution in [2.24, 2.45) is 5.92 Å². The van der Waals surface area contributed by atoms with Crippen LogP contribution in [0.5, 0.6) is 5.75 Å². The fourth-order valence-corrected chi connectivity index (χ4v) is 3.87. The molecule has 0 fully saturated rings. The Hall–Kier alpha value is -3.74. The number of nitrogens with zero attached hydrogens (tertiary/aromatic N) is 1. The Kier molecular flexibility index (Phi) is 11.2. The highest BCUT2D eigenvalue weighted by Gasteiger charge is 2.41. The van der Waals surface area contributed by atoms with Gasteiger partial charge in [0.25, 0.3) is 17.7 Å². The van der Waals surface area contributed by atoms with Crippen molar-refractivity contribution < 1.29 is 46.5 Å². The lowest BCUT2D eigenvalue weighted by Gasteiger charge is -2.33. The van der Waals surface area contributed by atoms with E-state index < -0.39 is 67.5 Å². The summed E-state index contributed by atoms with van der Waals surface area (Å²) in [6.07, 6.45) is -7.10. The molecule has 0 radical (unpaired) electrons. The van der Waals surface area contributed by atoms with E-state index in [2.05, 4.69) is 5.32 Å². The zero-order valence-corrected chi connectivity index (χ0v) is 23.1. The molecule has 226 valence electrons. The van der Waals surface area contributed by atoms with E-state index in [0.29, 0.717) is 11.1 Å². The van der Waals surface area contributed by atoms with E-state index in [-0.39, 0.29) is 28.2 Å². The van der Waals surface area contributed by atoms with Crippen molar-refractivity contribution in [3.63, 3.8) is 0 Å². The summed E-state index contributed by atoms with van der Waals surface area (Å²) in [6.45, 7) is 1.12. The number of amides is 3. The third-order valence-corrected chi connectivity index (χ3v) is 6.40. The molecule has 2 aromatic rings. The number of phenols is 1. The number of rotatable bonds is 12. The molecule has 0 aliphatic heterocycles. The monoisotopic (exact) mass is 587 g/mol. The zero-order valence-electron chi connectivity index (χ0n) is 23.1. The van der Waals surface area contributed by atoms with Gasteiger partial charge in [-0.05, 0) is 43.5 Å². The molecule has 0 spiro atoms. The van der Waals surface area contributed by atoms with Gasteiger partial charge in [-0.1, -0.05) is 44.2 Å². The summed E-state index contributed by atoms with van der Waals surface area (Å²) in [5, 5.41) is 25.2. The molecule has 2 unspecified atom stereocenters. The van der Waals surface area contributed by atoms with Crippen LogP contribution in [0.25, 0.3) is 0 Å². The van der Waals surface area contributed by atoms with Crippen LogP contribution in [0.4, 0.5) is 22.0 Å². The third-order valence-electron chi connectivity index (χ3n) is 6.40. The highest BCUT2D eigenvalue weighted by atomic mass is 19.4. The van der Waals surface area contributed by atoms with Crippen molar-refractivity contribution in [2.45, 2.75) is 58.4 Å². The maximum Gasteiger partial charge on any atom is 0.405 e. The Morgan fingerprint density at radius 1 is 1.00 bits per heavy atom. The van der Waals surface area contributed by atoms with Crippen LogP contribution in [-0.2, 0) is 16.0 Å². The minimum Gasteiger partial charge on any atom is -0.508 e. The lowest BCUT2D eigenvalue weighted by molar-refractivity contribution is -0.153. The topological polar surface area (TPSA) is 119 Å². The lowest BCUT2D eigenvalue weighted by atomic mass is 9.98. The molecule has 13 heteroatoms. The SMILES string of the molecule is Cc1cc(O)c(C)c(C(=O)NC(Cc2ccccc2)C(O)C(=O)N(CC(=O)NCC(F)(F)F)CC(F)(F)C(C)C)c1. The molecule has 3 amide bonds. The molecule has 4 N–H and O–H groups in total. The molecule has 0 saturated heterocycles. The van der Waals surface area contributed by atoms with Crippen LogP contribution in [0.2, 0.25) is 0 Å². The van der Waals surface area contributed by atoms with Gasteiger partial charge in [0.1, 0.15) is 12.3 Å². The van der Waals surface area contributed by atoms with Gasteiger partial charge in [-0.2, -0.15) is 13.2 Å². The first-order valence-corrected chi connectivity index (χ1v) is 12.7. The van der Waals surface area contributed by atoms with Crippen LogP contribution in [-0.4, -0.2) is 76.7 Å². The molecule has 2 atom stereocenters. The first-order chi connectivity index (χ1) is 18.9. The van der Waals surface area contributed by atoms with Gasteiger partial charge in [-0.3, -0.25) is 14.4 Å². The second-order valence-electron chi connectivity index (χ2n) is 10.2. The Morgan fingerprint density at radius 2 is 1.61 bits per heavy atom. The van der Waals surface area contributed by atoms with Crippen molar-refractivity contribution in [1.82, 2.24) is 15.5 Å². The zero-order chi connectivity index (χ0) is 31.1. The highest BCUT2D eigenvalue weighted by molar-refractivity contribution is 5.97. The van der Waals surface area contributed by atoms with Crippen molar-refractivity contribution in [3.05, 3.63) is 64.7 Å². The molecule has 2 rings (SSSR count). The normalized spacial score (nSPS) is 13.4. The molecule has 0 saturated carbocycles. The number of halogens is 5. The van der Waals surface area contributed by atoms with E-state index in [0.717, 1.165) is 13.8 Å². The summed E-state index contributed by atoms with van der Waals surface area (Å²) in [5.41, 5.74) is 1.35. The van der Waals surface area contributed by atoms with Gasteiger partial charge in [0.05, 0.1) is 19.1 Å². The molecule has 0 aliphatic carbocycles. The van der Waals surface area contributed by atoms with Gasteiger partial charge >= 0.3 is 6.18 Å². The smallest absolute Gasteiger partial charge is 0.405 e. The number of aromatic hydroxyl groups is 1. The van der Waals surface area contributed by atoms with E-state index in [1.807, 2.05) is 0 Å². The van der Waals surface area contributed by atoms with Crippen LogP contribution >= 0.6 is 0 Å². The number of aryl methyl sites for hydroxylation is 1. The molecule has 41 heavy (non-hydrogen) atoms. The number of aliphatic hydroxyl groups is 1. The molecule has 0 heterocycles. The Labute approximate surface area is 234 Å².